The Balaban J connectivity index is 2.34. The Bertz CT molecular complexity index is 533. The van der Waals surface area contributed by atoms with Crippen LogP contribution in [0.1, 0.15) is 17.5 Å². The molecule has 1 aromatic rings. The maximum absolute atomic E-state index is 11.8. The molecule has 0 radical (unpaired) electrons. The zero-order chi connectivity index (χ0) is 14.0. The van der Waals surface area contributed by atoms with Crippen LogP contribution in [0.2, 0.25) is 0 Å². The zero-order valence-electron chi connectivity index (χ0n) is 10.5. The third-order valence-electron chi connectivity index (χ3n) is 3.51. The molecule has 1 atom stereocenters. The molecule has 0 saturated heterocycles. The van der Waals surface area contributed by atoms with Crippen molar-refractivity contribution in [3.8, 4) is 0 Å². The van der Waals surface area contributed by atoms with E-state index >= 15 is 0 Å². The molecule has 1 aromatic carbocycles. The van der Waals surface area contributed by atoms with Gasteiger partial charge in [-0.25, -0.2) is 4.79 Å². The summed E-state index contributed by atoms with van der Waals surface area (Å²) in [7, 11) is 1.26. The second-order valence-electron chi connectivity index (χ2n) is 4.62. The summed E-state index contributed by atoms with van der Waals surface area (Å²) in [6, 6.07) is 5.80. The molecule has 102 valence electrons. The molecule has 1 aliphatic carbocycles. The normalized spacial score (nSPS) is 21.4. The van der Waals surface area contributed by atoms with Gasteiger partial charge in [0.25, 0.3) is 0 Å². The van der Waals surface area contributed by atoms with Crippen molar-refractivity contribution in [2.45, 2.75) is 24.8 Å². The number of carbonyl (C=O) groups is 2. The van der Waals surface area contributed by atoms with Crippen LogP contribution in [0.3, 0.4) is 0 Å². The first kappa shape index (κ1) is 13.9. The first-order valence-corrected chi connectivity index (χ1v) is 6.70. The third kappa shape index (κ3) is 2.58. The van der Waals surface area contributed by atoms with Gasteiger partial charge in [-0.3, -0.25) is 4.79 Å². The van der Waals surface area contributed by atoms with Crippen molar-refractivity contribution in [2.24, 2.45) is 5.73 Å². The number of rotatable bonds is 2. The average molecular weight is 327 g/mol. The third-order valence-corrected chi connectivity index (χ3v) is 4.25. The fourth-order valence-corrected chi connectivity index (χ4v) is 3.03. The molecule has 3 N–H and O–H groups in total. The van der Waals surface area contributed by atoms with Gasteiger partial charge in [-0.2, -0.15) is 0 Å². The largest absolute Gasteiger partial charge is 0.453 e. The molecule has 0 aliphatic heterocycles. The van der Waals surface area contributed by atoms with Crippen LogP contribution in [-0.4, -0.2) is 24.6 Å². The molecule has 5 nitrogen and oxygen atoms in total. The maximum atomic E-state index is 11.8. The van der Waals surface area contributed by atoms with Gasteiger partial charge in [0.15, 0.2) is 0 Å². The van der Waals surface area contributed by atoms with Crippen LogP contribution in [0.25, 0.3) is 0 Å². The lowest BCUT2D eigenvalue weighted by Gasteiger charge is -2.36. The highest BCUT2D eigenvalue weighted by molar-refractivity contribution is 9.10. The van der Waals surface area contributed by atoms with Crippen molar-refractivity contribution in [1.29, 1.82) is 0 Å². The predicted octanol–water partition coefficient (Wildman–Crippen LogP) is 1.52. The molecule has 2 amide bonds. The van der Waals surface area contributed by atoms with Crippen LogP contribution >= 0.6 is 15.9 Å². The number of amides is 2. The smallest absolute Gasteiger partial charge is 0.407 e. The molecule has 0 spiro atoms. The lowest BCUT2D eigenvalue weighted by Crippen LogP contribution is -2.60. The first-order valence-electron chi connectivity index (χ1n) is 5.91. The lowest BCUT2D eigenvalue weighted by atomic mass is 9.77. The molecule has 1 aliphatic rings. The molecule has 6 heteroatoms. The van der Waals surface area contributed by atoms with E-state index in [1.807, 2.05) is 18.2 Å². The van der Waals surface area contributed by atoms with Crippen molar-refractivity contribution in [1.82, 2.24) is 5.32 Å². The van der Waals surface area contributed by atoms with Crippen LogP contribution in [-0.2, 0) is 22.4 Å². The molecule has 0 fully saturated rings. The highest BCUT2D eigenvalue weighted by Crippen LogP contribution is 2.33. The molecule has 0 aromatic heterocycles. The number of halogens is 1. The number of nitrogens with two attached hydrogens (primary N) is 1. The second kappa shape index (κ2) is 5.21. The fraction of sp³-hybridized carbons (Fsp3) is 0.385. The Morgan fingerprint density at radius 2 is 2.21 bits per heavy atom. The SMILES string of the molecule is COC(=O)NC1(C(N)=O)CCc2c(Br)cccc2C1. The van der Waals surface area contributed by atoms with Gasteiger partial charge in [-0.15, -0.1) is 0 Å². The summed E-state index contributed by atoms with van der Waals surface area (Å²) in [6.07, 6.45) is 0.875. The van der Waals surface area contributed by atoms with Crippen LogP contribution in [0.15, 0.2) is 22.7 Å². The van der Waals surface area contributed by atoms with Gasteiger partial charge in [-0.05, 0) is 30.0 Å². The molecule has 1 unspecified atom stereocenters. The number of hydrogen-bond acceptors (Lipinski definition) is 3. The summed E-state index contributed by atoms with van der Waals surface area (Å²) in [5.74, 6) is -0.538. The summed E-state index contributed by atoms with van der Waals surface area (Å²) in [4.78, 5) is 23.2. The number of alkyl carbamates (subject to hydrolysis) is 1. The minimum atomic E-state index is -1.07. The highest BCUT2D eigenvalue weighted by Gasteiger charge is 2.41. The average Bonchev–Trinajstić information content (AvgIpc) is 2.38. The number of primary amides is 1. The van der Waals surface area contributed by atoms with Gasteiger partial charge in [-0.1, -0.05) is 28.1 Å². The molecular formula is C13H15BrN2O3. The lowest BCUT2D eigenvalue weighted by molar-refractivity contribution is -0.124. The van der Waals surface area contributed by atoms with Crippen LogP contribution < -0.4 is 11.1 Å². The quantitative estimate of drug-likeness (QED) is 0.864. The molecular weight excluding hydrogens is 312 g/mol. The summed E-state index contributed by atoms with van der Waals surface area (Å²) < 4.78 is 5.59. The van der Waals surface area contributed by atoms with Gasteiger partial charge in [0, 0.05) is 10.9 Å². The number of carbonyl (C=O) groups excluding carboxylic acids is 2. The summed E-state index contributed by atoms with van der Waals surface area (Å²) in [6.45, 7) is 0. The Labute approximate surface area is 119 Å². The van der Waals surface area contributed by atoms with E-state index in [1.165, 1.54) is 7.11 Å². The van der Waals surface area contributed by atoms with Crippen molar-refractivity contribution >= 4 is 27.9 Å². The second-order valence-corrected chi connectivity index (χ2v) is 5.47. The monoisotopic (exact) mass is 326 g/mol. The number of methoxy groups -OCH3 is 1. The maximum Gasteiger partial charge on any atom is 0.407 e. The van der Waals surface area contributed by atoms with E-state index in [-0.39, 0.29) is 0 Å². The van der Waals surface area contributed by atoms with Gasteiger partial charge < -0.3 is 15.8 Å². The van der Waals surface area contributed by atoms with Crippen molar-refractivity contribution in [3.05, 3.63) is 33.8 Å². The van der Waals surface area contributed by atoms with Crippen molar-refractivity contribution in [3.63, 3.8) is 0 Å². The number of ether oxygens (including phenoxy) is 1. The predicted molar refractivity (Wildman–Crippen MR) is 73.6 cm³/mol. The molecule has 19 heavy (non-hydrogen) atoms. The van der Waals surface area contributed by atoms with Gasteiger partial charge in [0.2, 0.25) is 5.91 Å². The molecule has 2 rings (SSSR count). The van der Waals surface area contributed by atoms with Crippen LogP contribution in [0.5, 0.6) is 0 Å². The standard InChI is InChI=1S/C13H15BrN2O3/c1-19-12(18)16-13(11(15)17)6-5-9-8(7-13)3-2-4-10(9)14/h2-4H,5-7H2,1H3,(H2,15,17)(H,16,18). The summed E-state index contributed by atoms with van der Waals surface area (Å²) in [5.41, 5.74) is 6.58. The van der Waals surface area contributed by atoms with E-state index in [2.05, 4.69) is 26.0 Å². The number of benzene rings is 1. The summed E-state index contributed by atoms with van der Waals surface area (Å²) >= 11 is 3.49. The van der Waals surface area contributed by atoms with Gasteiger partial charge in [0.1, 0.15) is 5.54 Å². The van der Waals surface area contributed by atoms with Crippen LogP contribution in [0.4, 0.5) is 4.79 Å². The highest BCUT2D eigenvalue weighted by atomic mass is 79.9. The van der Waals surface area contributed by atoms with E-state index < -0.39 is 17.5 Å². The van der Waals surface area contributed by atoms with E-state index in [4.69, 9.17) is 5.73 Å². The molecule has 0 bridgehead atoms. The van der Waals surface area contributed by atoms with Crippen molar-refractivity contribution in [2.75, 3.05) is 7.11 Å². The van der Waals surface area contributed by atoms with E-state index in [0.717, 1.165) is 15.6 Å². The van der Waals surface area contributed by atoms with E-state index in [0.29, 0.717) is 19.3 Å². The minimum Gasteiger partial charge on any atom is -0.453 e. The zero-order valence-corrected chi connectivity index (χ0v) is 12.1. The number of nitrogens with one attached hydrogen (secondary N) is 1. The Kier molecular flexibility index (Phi) is 3.80. The van der Waals surface area contributed by atoms with Crippen LogP contribution in [0, 0.1) is 0 Å². The number of hydrogen-bond donors (Lipinski definition) is 2. The fourth-order valence-electron chi connectivity index (χ4n) is 2.43. The van der Waals surface area contributed by atoms with Crippen molar-refractivity contribution < 1.29 is 14.3 Å². The summed E-state index contributed by atoms with van der Waals surface area (Å²) in [5, 5.41) is 2.59. The topological polar surface area (TPSA) is 81.4 Å². The molecule has 0 heterocycles. The minimum absolute atomic E-state index is 0.381. The van der Waals surface area contributed by atoms with E-state index in [1.54, 1.807) is 0 Å². The van der Waals surface area contributed by atoms with Gasteiger partial charge in [0.05, 0.1) is 7.11 Å². The van der Waals surface area contributed by atoms with E-state index in [9.17, 15) is 9.59 Å². The number of fused-ring (bicyclic) bond motifs is 1. The molecule has 0 saturated carbocycles. The van der Waals surface area contributed by atoms with Gasteiger partial charge >= 0.3 is 6.09 Å². The first-order chi connectivity index (χ1) is 8.98. The Morgan fingerprint density at radius 1 is 1.47 bits per heavy atom. The Hall–Kier alpha value is -1.56. The Morgan fingerprint density at radius 3 is 2.84 bits per heavy atom.